The van der Waals surface area contributed by atoms with E-state index in [9.17, 15) is 13.2 Å². The van der Waals surface area contributed by atoms with Gasteiger partial charge in [-0.15, -0.1) is 11.3 Å². The Morgan fingerprint density at radius 3 is 2.57 bits per heavy atom. The molecule has 1 fully saturated rings. The van der Waals surface area contributed by atoms with E-state index in [1.165, 1.54) is 11.3 Å². The number of rotatable bonds is 6. The maximum atomic E-state index is 13.0. The molecule has 9 heteroatoms. The van der Waals surface area contributed by atoms with Crippen molar-refractivity contribution >= 4 is 43.4 Å². The Labute approximate surface area is 208 Å². The fraction of sp³-hybridized carbons (Fsp3) is 0.308. The molecule has 7 nitrogen and oxygen atoms in total. The zero-order valence-corrected chi connectivity index (χ0v) is 21.1. The number of amides is 1. The highest BCUT2D eigenvalue weighted by Gasteiger charge is 2.25. The summed E-state index contributed by atoms with van der Waals surface area (Å²) in [5, 5.41) is 6.13. The summed E-state index contributed by atoms with van der Waals surface area (Å²) in [5.41, 5.74) is 4.19. The van der Waals surface area contributed by atoms with Crippen LogP contribution < -0.4 is 5.32 Å². The molecule has 35 heavy (non-hydrogen) atoms. The molecule has 4 aromatic rings. The molecule has 0 saturated carbocycles. The summed E-state index contributed by atoms with van der Waals surface area (Å²) >= 11 is 1.33. The van der Waals surface area contributed by atoms with Gasteiger partial charge < -0.3 is 9.73 Å². The van der Waals surface area contributed by atoms with Crippen molar-refractivity contribution in [2.45, 2.75) is 43.9 Å². The molecule has 2 aromatic heterocycles. The number of carbonyl (C=O) groups excluding carboxylic acids is 1. The standard InChI is InChI=1S/C26H27N3O4S2/c1-18-6-11-22-20(16-33-24(22)14-18)15-25(30)28-26-27-23(17-34-26)19-7-9-21(10-8-19)35(31,32)29-12-4-2-3-5-13-29/h6-11,14,16-17H,2-5,12-13,15H2,1H3,(H,27,28,30). The van der Waals surface area contributed by atoms with Gasteiger partial charge in [-0.2, -0.15) is 4.31 Å². The van der Waals surface area contributed by atoms with E-state index < -0.39 is 10.0 Å². The third kappa shape index (κ3) is 5.17. The molecule has 1 aliphatic rings. The van der Waals surface area contributed by atoms with Gasteiger partial charge in [0.05, 0.1) is 23.3 Å². The average molecular weight is 510 g/mol. The predicted octanol–water partition coefficient (Wildman–Crippen LogP) is 5.61. The molecule has 0 unspecified atom stereocenters. The molecule has 1 N–H and O–H groups in total. The van der Waals surface area contributed by atoms with Crippen molar-refractivity contribution in [2.75, 3.05) is 18.4 Å². The topological polar surface area (TPSA) is 92.5 Å². The molecule has 0 bridgehead atoms. The Balaban J connectivity index is 1.25. The van der Waals surface area contributed by atoms with Crippen LogP contribution in [0.15, 0.2) is 63.4 Å². The van der Waals surface area contributed by atoms with Crippen molar-refractivity contribution in [1.82, 2.24) is 9.29 Å². The number of benzene rings is 2. The van der Waals surface area contributed by atoms with Crippen molar-refractivity contribution in [3.8, 4) is 11.3 Å². The first-order valence-electron chi connectivity index (χ1n) is 11.7. The smallest absolute Gasteiger partial charge is 0.243 e. The van der Waals surface area contributed by atoms with Crippen molar-refractivity contribution in [2.24, 2.45) is 0 Å². The second-order valence-electron chi connectivity index (χ2n) is 8.87. The van der Waals surface area contributed by atoms with E-state index in [-0.39, 0.29) is 12.3 Å². The lowest BCUT2D eigenvalue weighted by Gasteiger charge is -2.19. The number of carbonyl (C=O) groups is 1. The molecule has 5 rings (SSSR count). The molecular formula is C26H27N3O4S2. The molecule has 0 radical (unpaired) electrons. The number of anilines is 1. The van der Waals surface area contributed by atoms with Crippen LogP contribution >= 0.6 is 11.3 Å². The number of aromatic nitrogens is 1. The number of hydrogen-bond donors (Lipinski definition) is 1. The van der Waals surface area contributed by atoms with Crippen molar-refractivity contribution in [3.05, 3.63) is 65.2 Å². The molecule has 0 aliphatic carbocycles. The van der Waals surface area contributed by atoms with Crippen LogP contribution in [-0.4, -0.2) is 36.7 Å². The zero-order valence-electron chi connectivity index (χ0n) is 19.5. The van der Waals surface area contributed by atoms with Crippen molar-refractivity contribution < 1.29 is 17.6 Å². The maximum Gasteiger partial charge on any atom is 0.243 e. The number of nitrogens with zero attached hydrogens (tertiary/aromatic N) is 2. The third-order valence-corrected chi connectivity index (χ3v) is 8.94. The second kappa shape index (κ2) is 9.93. The average Bonchev–Trinajstić information content (AvgIpc) is 3.35. The van der Waals surface area contributed by atoms with Gasteiger partial charge in [-0.1, -0.05) is 37.1 Å². The zero-order chi connectivity index (χ0) is 24.4. The van der Waals surface area contributed by atoms with Gasteiger partial charge in [0.1, 0.15) is 5.58 Å². The van der Waals surface area contributed by atoms with Gasteiger partial charge in [-0.25, -0.2) is 13.4 Å². The number of hydrogen-bond acceptors (Lipinski definition) is 6. The fourth-order valence-electron chi connectivity index (χ4n) is 4.36. The summed E-state index contributed by atoms with van der Waals surface area (Å²) in [6.07, 6.45) is 5.77. The van der Waals surface area contributed by atoms with E-state index in [0.717, 1.165) is 53.3 Å². The quantitative estimate of drug-likeness (QED) is 0.365. The maximum absolute atomic E-state index is 13.0. The minimum atomic E-state index is -3.49. The summed E-state index contributed by atoms with van der Waals surface area (Å²) < 4.78 is 33.2. The van der Waals surface area contributed by atoms with Crippen LogP contribution in [0, 0.1) is 6.92 Å². The first kappa shape index (κ1) is 23.7. The van der Waals surface area contributed by atoms with E-state index >= 15 is 0 Å². The van der Waals surface area contributed by atoms with Crippen LogP contribution in [0.1, 0.15) is 36.8 Å². The lowest BCUT2D eigenvalue weighted by Crippen LogP contribution is -2.31. The highest BCUT2D eigenvalue weighted by molar-refractivity contribution is 7.89. The van der Waals surface area contributed by atoms with Crippen LogP contribution in [0.3, 0.4) is 0 Å². The van der Waals surface area contributed by atoms with Crippen LogP contribution in [0.5, 0.6) is 0 Å². The van der Waals surface area contributed by atoms with Crippen LogP contribution in [-0.2, 0) is 21.2 Å². The molecule has 2 aromatic carbocycles. The lowest BCUT2D eigenvalue weighted by molar-refractivity contribution is -0.115. The Kier molecular flexibility index (Phi) is 6.73. The Bertz CT molecular complexity index is 1450. The summed E-state index contributed by atoms with van der Waals surface area (Å²) in [7, 11) is -3.49. The van der Waals surface area contributed by atoms with Gasteiger partial charge in [0.25, 0.3) is 0 Å². The number of sulfonamides is 1. The molecule has 1 amide bonds. The third-order valence-electron chi connectivity index (χ3n) is 6.27. The van der Waals surface area contributed by atoms with Gasteiger partial charge >= 0.3 is 0 Å². The molecule has 1 aliphatic heterocycles. The van der Waals surface area contributed by atoms with Crippen molar-refractivity contribution in [1.29, 1.82) is 0 Å². The van der Waals surface area contributed by atoms with Crippen LogP contribution in [0.25, 0.3) is 22.2 Å². The van der Waals surface area contributed by atoms with Gasteiger partial charge in [-0.3, -0.25) is 4.79 Å². The minimum Gasteiger partial charge on any atom is -0.464 e. The van der Waals surface area contributed by atoms with Crippen LogP contribution in [0.4, 0.5) is 5.13 Å². The first-order chi connectivity index (χ1) is 16.9. The highest BCUT2D eigenvalue weighted by Crippen LogP contribution is 2.28. The summed E-state index contributed by atoms with van der Waals surface area (Å²) in [6.45, 7) is 3.15. The van der Waals surface area contributed by atoms with E-state index in [1.54, 1.807) is 34.8 Å². The number of nitrogens with one attached hydrogen (secondary N) is 1. The normalized spacial score (nSPS) is 15.2. The van der Waals surface area contributed by atoms with Gasteiger partial charge in [0.15, 0.2) is 5.13 Å². The number of aryl methyl sites for hydroxylation is 1. The number of thiazole rings is 1. The van der Waals surface area contributed by atoms with Crippen molar-refractivity contribution in [3.63, 3.8) is 0 Å². The molecular weight excluding hydrogens is 482 g/mol. The minimum absolute atomic E-state index is 0.173. The summed E-state index contributed by atoms with van der Waals surface area (Å²) in [4.78, 5) is 17.4. The van der Waals surface area contributed by atoms with Gasteiger partial charge in [0.2, 0.25) is 15.9 Å². The molecule has 182 valence electrons. The number of fused-ring (bicyclic) bond motifs is 1. The lowest BCUT2D eigenvalue weighted by atomic mass is 10.1. The van der Waals surface area contributed by atoms with E-state index in [0.29, 0.717) is 28.8 Å². The Hall–Kier alpha value is -3.01. The first-order valence-corrected chi connectivity index (χ1v) is 14.0. The van der Waals surface area contributed by atoms with E-state index in [1.807, 2.05) is 30.5 Å². The molecule has 1 saturated heterocycles. The molecule has 0 atom stereocenters. The van der Waals surface area contributed by atoms with Crippen LogP contribution in [0.2, 0.25) is 0 Å². The number of furan rings is 1. The molecule has 3 heterocycles. The Morgan fingerprint density at radius 1 is 1.09 bits per heavy atom. The SMILES string of the molecule is Cc1ccc2c(CC(=O)Nc3nc(-c4ccc(S(=O)(=O)N5CCCCCC5)cc4)cs3)coc2c1. The van der Waals surface area contributed by atoms with E-state index in [4.69, 9.17) is 4.42 Å². The van der Waals surface area contributed by atoms with Gasteiger partial charge in [-0.05, 0) is 43.5 Å². The molecule has 0 spiro atoms. The van der Waals surface area contributed by atoms with Gasteiger partial charge in [0, 0.05) is 35.0 Å². The van der Waals surface area contributed by atoms with E-state index in [2.05, 4.69) is 10.3 Å². The Morgan fingerprint density at radius 2 is 1.83 bits per heavy atom. The summed E-state index contributed by atoms with van der Waals surface area (Å²) in [6, 6.07) is 12.7. The fourth-order valence-corrected chi connectivity index (χ4v) is 6.61. The second-order valence-corrected chi connectivity index (χ2v) is 11.7. The predicted molar refractivity (Wildman–Crippen MR) is 138 cm³/mol. The monoisotopic (exact) mass is 509 g/mol. The summed E-state index contributed by atoms with van der Waals surface area (Å²) in [5.74, 6) is -0.173. The highest BCUT2D eigenvalue weighted by atomic mass is 32.2. The largest absolute Gasteiger partial charge is 0.464 e.